The third-order valence-corrected chi connectivity index (χ3v) is 3.17. The molecule has 0 aliphatic carbocycles. The number of phenols is 1. The Morgan fingerprint density at radius 1 is 1.56 bits per heavy atom. The van der Waals surface area contributed by atoms with Gasteiger partial charge in [-0.3, -0.25) is 10.1 Å². The van der Waals surface area contributed by atoms with Crippen molar-refractivity contribution in [2.75, 3.05) is 6.54 Å². The lowest BCUT2D eigenvalue weighted by molar-refractivity contribution is -0.386. The second-order valence-corrected chi connectivity index (χ2v) is 4.68. The molecule has 16 heavy (non-hydrogen) atoms. The molecule has 1 heterocycles. The second kappa shape index (κ2) is 4.39. The summed E-state index contributed by atoms with van der Waals surface area (Å²) in [5, 5.41) is 23.8. The largest absolute Gasteiger partial charge is 0.502 e. The third kappa shape index (κ3) is 2.03. The van der Waals surface area contributed by atoms with Gasteiger partial charge in [-0.05, 0) is 25.5 Å². The number of nitro groups is 1. The van der Waals surface area contributed by atoms with Gasteiger partial charge in [0.05, 0.1) is 4.92 Å². The van der Waals surface area contributed by atoms with Crippen LogP contribution in [0.1, 0.15) is 24.4 Å². The maximum absolute atomic E-state index is 10.7. The van der Waals surface area contributed by atoms with Gasteiger partial charge in [0.25, 0.3) is 0 Å². The van der Waals surface area contributed by atoms with Crippen molar-refractivity contribution in [3.05, 3.63) is 32.3 Å². The molecular formula is C10H11BrN2O3. The molecule has 1 aromatic carbocycles. The van der Waals surface area contributed by atoms with E-state index in [2.05, 4.69) is 21.2 Å². The highest BCUT2D eigenvalue weighted by Crippen LogP contribution is 2.39. The zero-order valence-corrected chi connectivity index (χ0v) is 10.0. The Morgan fingerprint density at radius 3 is 2.88 bits per heavy atom. The minimum Gasteiger partial charge on any atom is -0.502 e. The lowest BCUT2D eigenvalue weighted by Gasteiger charge is -2.12. The molecule has 1 aliphatic rings. The van der Waals surface area contributed by atoms with E-state index in [-0.39, 0.29) is 17.5 Å². The van der Waals surface area contributed by atoms with Crippen LogP contribution in [0.2, 0.25) is 0 Å². The van der Waals surface area contributed by atoms with Gasteiger partial charge in [-0.2, -0.15) is 0 Å². The predicted molar refractivity (Wildman–Crippen MR) is 62.4 cm³/mol. The fraction of sp³-hybridized carbons (Fsp3) is 0.400. The number of hydrogen-bond donors (Lipinski definition) is 2. The van der Waals surface area contributed by atoms with Gasteiger partial charge in [0, 0.05) is 22.1 Å². The molecule has 0 radical (unpaired) electrons. The highest BCUT2D eigenvalue weighted by Gasteiger charge is 2.25. The molecular weight excluding hydrogens is 276 g/mol. The van der Waals surface area contributed by atoms with E-state index in [9.17, 15) is 15.2 Å². The zero-order chi connectivity index (χ0) is 11.7. The summed E-state index contributed by atoms with van der Waals surface area (Å²) in [6, 6.07) is 3.05. The quantitative estimate of drug-likeness (QED) is 0.647. The number of nitro benzene ring substituents is 1. The minimum atomic E-state index is -0.571. The molecule has 2 N–H and O–H groups in total. The topological polar surface area (TPSA) is 75.4 Å². The maximum atomic E-state index is 10.7. The van der Waals surface area contributed by atoms with Crippen LogP contribution >= 0.6 is 15.9 Å². The first kappa shape index (κ1) is 11.3. The molecule has 1 aliphatic heterocycles. The van der Waals surface area contributed by atoms with Gasteiger partial charge < -0.3 is 10.4 Å². The highest BCUT2D eigenvalue weighted by molar-refractivity contribution is 9.10. The standard InChI is InChI=1S/C10H11BrN2O3/c11-6-4-7(8-2-1-3-12-8)10(14)9(5-6)13(15)16/h4-5,8,12,14H,1-3H2/t8-/m1/s1. The van der Waals surface area contributed by atoms with Crippen molar-refractivity contribution in [1.29, 1.82) is 0 Å². The first-order valence-corrected chi connectivity index (χ1v) is 5.79. The summed E-state index contributed by atoms with van der Waals surface area (Å²) in [6.45, 7) is 0.879. The minimum absolute atomic E-state index is 0.0104. The molecule has 1 atom stereocenters. The van der Waals surface area contributed by atoms with Gasteiger partial charge in [-0.15, -0.1) is 0 Å². The summed E-state index contributed by atoms with van der Waals surface area (Å²) in [7, 11) is 0. The van der Waals surface area contributed by atoms with Crippen LogP contribution in [0.5, 0.6) is 5.75 Å². The van der Waals surface area contributed by atoms with E-state index in [1.165, 1.54) is 6.07 Å². The van der Waals surface area contributed by atoms with Gasteiger partial charge in [0.2, 0.25) is 0 Å². The highest BCUT2D eigenvalue weighted by atomic mass is 79.9. The van der Waals surface area contributed by atoms with Crippen molar-refractivity contribution in [3.63, 3.8) is 0 Å². The molecule has 1 saturated heterocycles. The number of halogens is 1. The Hall–Kier alpha value is -1.14. The number of benzene rings is 1. The summed E-state index contributed by atoms with van der Waals surface area (Å²) in [5.41, 5.74) is 0.344. The van der Waals surface area contributed by atoms with Crippen LogP contribution in [-0.2, 0) is 0 Å². The van der Waals surface area contributed by atoms with E-state index >= 15 is 0 Å². The smallest absolute Gasteiger partial charge is 0.312 e. The van der Waals surface area contributed by atoms with Crippen molar-refractivity contribution in [3.8, 4) is 5.75 Å². The molecule has 86 valence electrons. The first-order valence-electron chi connectivity index (χ1n) is 5.00. The fourth-order valence-electron chi connectivity index (χ4n) is 1.96. The Balaban J connectivity index is 2.47. The molecule has 0 amide bonds. The molecule has 5 nitrogen and oxygen atoms in total. The number of aromatic hydroxyl groups is 1. The number of phenolic OH excluding ortho intramolecular Hbond substituents is 1. The Labute approximate surface area is 101 Å². The van der Waals surface area contributed by atoms with Gasteiger partial charge in [0.15, 0.2) is 5.75 Å². The van der Waals surface area contributed by atoms with Crippen molar-refractivity contribution < 1.29 is 10.0 Å². The predicted octanol–water partition coefficient (Wildman–Crippen LogP) is 2.49. The number of rotatable bonds is 2. The summed E-state index contributed by atoms with van der Waals surface area (Å²) < 4.78 is 0.612. The molecule has 6 heteroatoms. The zero-order valence-electron chi connectivity index (χ0n) is 8.44. The number of nitrogens with zero attached hydrogens (tertiary/aromatic N) is 1. The Morgan fingerprint density at radius 2 is 2.31 bits per heavy atom. The summed E-state index contributed by atoms with van der Waals surface area (Å²) in [6.07, 6.45) is 1.91. The van der Waals surface area contributed by atoms with Crippen molar-refractivity contribution in [2.45, 2.75) is 18.9 Å². The average Bonchev–Trinajstić information content (AvgIpc) is 2.73. The first-order chi connectivity index (χ1) is 7.59. The molecule has 2 rings (SSSR count). The van der Waals surface area contributed by atoms with E-state index in [0.29, 0.717) is 10.0 Å². The molecule has 1 fully saturated rings. The Bertz CT molecular complexity index is 430. The van der Waals surface area contributed by atoms with Crippen LogP contribution in [0, 0.1) is 10.1 Å². The molecule has 0 saturated carbocycles. The van der Waals surface area contributed by atoms with Crippen molar-refractivity contribution in [1.82, 2.24) is 5.32 Å². The van der Waals surface area contributed by atoms with Crippen LogP contribution in [0.25, 0.3) is 0 Å². The van der Waals surface area contributed by atoms with Crippen LogP contribution in [-0.4, -0.2) is 16.6 Å². The van der Waals surface area contributed by atoms with E-state index in [4.69, 9.17) is 0 Å². The molecule has 1 aromatic rings. The SMILES string of the molecule is O=[N+]([O-])c1cc(Br)cc([C@H]2CCCN2)c1O. The van der Waals surface area contributed by atoms with Crippen molar-refractivity contribution in [2.24, 2.45) is 0 Å². The number of nitrogens with one attached hydrogen (secondary N) is 1. The molecule has 0 aromatic heterocycles. The average molecular weight is 287 g/mol. The second-order valence-electron chi connectivity index (χ2n) is 3.77. The van der Waals surface area contributed by atoms with Gasteiger partial charge in [-0.25, -0.2) is 0 Å². The summed E-state index contributed by atoms with van der Waals surface area (Å²) in [5.74, 6) is -0.229. The number of hydrogen-bond acceptors (Lipinski definition) is 4. The van der Waals surface area contributed by atoms with Gasteiger partial charge in [-0.1, -0.05) is 15.9 Å². The third-order valence-electron chi connectivity index (χ3n) is 2.72. The fourth-order valence-corrected chi connectivity index (χ4v) is 2.42. The lowest BCUT2D eigenvalue weighted by Crippen LogP contribution is -2.13. The van der Waals surface area contributed by atoms with E-state index in [0.717, 1.165) is 19.4 Å². The van der Waals surface area contributed by atoms with Crippen molar-refractivity contribution >= 4 is 21.6 Å². The Kier molecular flexibility index (Phi) is 3.11. The maximum Gasteiger partial charge on any atom is 0.312 e. The van der Waals surface area contributed by atoms with Crippen LogP contribution in [0.4, 0.5) is 5.69 Å². The van der Waals surface area contributed by atoms with Gasteiger partial charge in [0.1, 0.15) is 0 Å². The summed E-state index contributed by atoms with van der Waals surface area (Å²) >= 11 is 3.22. The lowest BCUT2D eigenvalue weighted by atomic mass is 10.0. The van der Waals surface area contributed by atoms with Crippen LogP contribution in [0.3, 0.4) is 0 Å². The van der Waals surface area contributed by atoms with E-state index in [1.807, 2.05) is 0 Å². The normalized spacial score (nSPS) is 19.9. The molecule has 0 bridgehead atoms. The van der Waals surface area contributed by atoms with E-state index < -0.39 is 4.92 Å². The summed E-state index contributed by atoms with van der Waals surface area (Å²) in [4.78, 5) is 10.2. The van der Waals surface area contributed by atoms with Crippen LogP contribution < -0.4 is 5.32 Å². The van der Waals surface area contributed by atoms with Crippen LogP contribution in [0.15, 0.2) is 16.6 Å². The molecule has 0 unspecified atom stereocenters. The molecule has 0 spiro atoms. The van der Waals surface area contributed by atoms with Gasteiger partial charge >= 0.3 is 5.69 Å². The monoisotopic (exact) mass is 286 g/mol. The van der Waals surface area contributed by atoms with E-state index in [1.54, 1.807) is 6.07 Å².